The molecule has 33 heavy (non-hydrogen) atoms. The zero-order chi connectivity index (χ0) is 23.1. The number of aryl methyl sites for hydroxylation is 1. The van der Waals surface area contributed by atoms with E-state index in [1.54, 1.807) is 37.3 Å². The predicted molar refractivity (Wildman–Crippen MR) is 129 cm³/mol. The average Bonchev–Trinajstić information content (AvgIpc) is 3.37. The maximum absolute atomic E-state index is 12.8. The van der Waals surface area contributed by atoms with Crippen molar-refractivity contribution in [1.29, 1.82) is 0 Å². The summed E-state index contributed by atoms with van der Waals surface area (Å²) < 4.78 is 18.0. The van der Waals surface area contributed by atoms with E-state index in [-0.39, 0.29) is 17.3 Å². The van der Waals surface area contributed by atoms with Crippen LogP contribution in [0.5, 0.6) is 11.5 Å². The molecule has 0 amide bonds. The predicted octanol–water partition coefficient (Wildman–Crippen LogP) is 6.90. The highest BCUT2D eigenvalue weighted by Gasteiger charge is 2.31. The van der Waals surface area contributed by atoms with Crippen molar-refractivity contribution in [2.75, 3.05) is 0 Å². The first-order valence-electron chi connectivity index (χ1n) is 10.5. The molecule has 0 spiro atoms. The van der Waals surface area contributed by atoms with Crippen LogP contribution in [-0.4, -0.2) is 11.8 Å². The molecule has 1 aromatic heterocycles. The molecule has 1 aliphatic rings. The van der Waals surface area contributed by atoms with Gasteiger partial charge in [-0.1, -0.05) is 47.1 Å². The van der Waals surface area contributed by atoms with Gasteiger partial charge in [0.1, 0.15) is 17.1 Å². The van der Waals surface area contributed by atoms with E-state index >= 15 is 0 Å². The second-order valence-corrected chi connectivity index (χ2v) is 8.70. The van der Waals surface area contributed by atoms with Crippen LogP contribution in [0.3, 0.4) is 0 Å². The Kier molecular flexibility index (Phi) is 5.38. The fraction of sp³-hybridized carbons (Fsp3) is 0.111. The van der Waals surface area contributed by atoms with Gasteiger partial charge in [-0.05, 0) is 66.9 Å². The normalized spacial score (nSPS) is 13.9. The van der Waals surface area contributed by atoms with Gasteiger partial charge >= 0.3 is 5.97 Å². The molecule has 0 saturated heterocycles. The molecule has 3 aromatic carbocycles. The third-order valence-electron chi connectivity index (χ3n) is 5.60. The first-order chi connectivity index (χ1) is 15.9. The quantitative estimate of drug-likeness (QED) is 0.172. The summed E-state index contributed by atoms with van der Waals surface area (Å²) in [5, 5.41) is 0.790. The first-order valence-corrected chi connectivity index (χ1v) is 11.3. The molecular formula is C27H19BrO5. The smallest absolute Gasteiger partial charge is 0.379 e. The SMILES string of the molecule is CCc1ccc(/C=C2\Oc3c(ccc(OC(=O)c4cc5cc(Br)ccc5o4)c3C)C2=O)cc1. The van der Waals surface area contributed by atoms with E-state index in [4.69, 9.17) is 13.9 Å². The number of ketones is 1. The van der Waals surface area contributed by atoms with Crippen molar-refractivity contribution in [3.8, 4) is 11.5 Å². The number of rotatable bonds is 4. The summed E-state index contributed by atoms with van der Waals surface area (Å²) in [6, 6.07) is 18.3. The number of Topliss-reactive ketones (excluding diaryl/α,β-unsaturated/α-hetero) is 1. The second-order valence-electron chi connectivity index (χ2n) is 7.78. The molecule has 5 nitrogen and oxygen atoms in total. The standard InChI is InChI=1S/C27H19BrO5/c1-3-16-4-6-17(7-5-16)12-23-25(29)20-9-11-21(15(2)26(20)32-23)33-27(30)24-14-18-13-19(28)8-10-22(18)31-24/h4-14H,3H2,1-2H3/b23-12-. The van der Waals surface area contributed by atoms with Crippen molar-refractivity contribution in [2.24, 2.45) is 0 Å². The highest BCUT2D eigenvalue weighted by molar-refractivity contribution is 9.10. The second kappa shape index (κ2) is 8.37. The number of esters is 1. The summed E-state index contributed by atoms with van der Waals surface area (Å²) in [5.41, 5.74) is 3.70. The Morgan fingerprint density at radius 1 is 1.06 bits per heavy atom. The Morgan fingerprint density at radius 2 is 1.85 bits per heavy atom. The summed E-state index contributed by atoms with van der Waals surface area (Å²) in [6.07, 6.45) is 2.67. The number of benzene rings is 3. The van der Waals surface area contributed by atoms with Gasteiger partial charge in [0.15, 0.2) is 5.76 Å². The van der Waals surface area contributed by atoms with Gasteiger partial charge in [-0.3, -0.25) is 4.79 Å². The van der Waals surface area contributed by atoms with Crippen molar-refractivity contribution in [3.05, 3.63) is 98.9 Å². The fourth-order valence-corrected chi connectivity index (χ4v) is 4.12. The van der Waals surface area contributed by atoms with Crippen molar-refractivity contribution < 1.29 is 23.5 Å². The number of hydrogen-bond acceptors (Lipinski definition) is 5. The lowest BCUT2D eigenvalue weighted by atomic mass is 10.0. The van der Waals surface area contributed by atoms with Gasteiger partial charge in [0.25, 0.3) is 0 Å². The Morgan fingerprint density at radius 3 is 2.61 bits per heavy atom. The topological polar surface area (TPSA) is 65.7 Å². The molecule has 0 unspecified atom stereocenters. The Hall–Kier alpha value is -3.64. The lowest BCUT2D eigenvalue weighted by molar-refractivity contribution is 0.0702. The van der Waals surface area contributed by atoms with E-state index in [0.29, 0.717) is 28.2 Å². The van der Waals surface area contributed by atoms with Gasteiger partial charge in [0.05, 0.1) is 5.56 Å². The van der Waals surface area contributed by atoms with Crippen LogP contribution in [0.1, 0.15) is 44.5 Å². The number of furan rings is 1. The van der Waals surface area contributed by atoms with Gasteiger partial charge in [0.2, 0.25) is 11.5 Å². The maximum Gasteiger partial charge on any atom is 0.379 e. The molecule has 1 aliphatic heterocycles. The number of hydrogen-bond donors (Lipinski definition) is 0. The zero-order valence-electron chi connectivity index (χ0n) is 18.0. The Labute approximate surface area is 198 Å². The minimum atomic E-state index is -0.624. The number of carbonyl (C=O) groups excluding carboxylic acids is 2. The van der Waals surface area contributed by atoms with Crippen LogP contribution in [0.25, 0.3) is 17.0 Å². The summed E-state index contributed by atoms with van der Waals surface area (Å²) in [7, 11) is 0. The van der Waals surface area contributed by atoms with Crippen molar-refractivity contribution >= 4 is 44.7 Å². The number of ether oxygens (including phenoxy) is 2. The maximum atomic E-state index is 12.8. The van der Waals surface area contributed by atoms with Crippen molar-refractivity contribution in [2.45, 2.75) is 20.3 Å². The van der Waals surface area contributed by atoms with Crippen LogP contribution >= 0.6 is 15.9 Å². The van der Waals surface area contributed by atoms with E-state index in [1.165, 1.54) is 5.56 Å². The number of allylic oxidation sites excluding steroid dienone is 1. The van der Waals surface area contributed by atoms with Gasteiger partial charge in [-0.2, -0.15) is 0 Å². The summed E-state index contributed by atoms with van der Waals surface area (Å²) in [4.78, 5) is 25.5. The Balaban J connectivity index is 1.40. The van der Waals surface area contributed by atoms with E-state index < -0.39 is 5.97 Å². The van der Waals surface area contributed by atoms with Gasteiger partial charge < -0.3 is 13.9 Å². The average molecular weight is 503 g/mol. The molecule has 2 heterocycles. The summed E-state index contributed by atoms with van der Waals surface area (Å²) in [5.74, 6) is 0.215. The molecule has 4 aromatic rings. The third kappa shape index (κ3) is 3.98. The van der Waals surface area contributed by atoms with Crippen LogP contribution in [0.2, 0.25) is 0 Å². The van der Waals surface area contributed by atoms with Crippen LogP contribution < -0.4 is 9.47 Å². The molecule has 0 N–H and O–H groups in total. The van der Waals surface area contributed by atoms with E-state index in [1.807, 2.05) is 36.4 Å². The number of carbonyl (C=O) groups is 2. The van der Waals surface area contributed by atoms with E-state index in [2.05, 4.69) is 22.9 Å². The van der Waals surface area contributed by atoms with Crippen LogP contribution in [-0.2, 0) is 6.42 Å². The van der Waals surface area contributed by atoms with Crippen molar-refractivity contribution in [1.82, 2.24) is 0 Å². The zero-order valence-corrected chi connectivity index (χ0v) is 19.6. The molecule has 0 atom stereocenters. The van der Waals surface area contributed by atoms with Crippen molar-refractivity contribution in [3.63, 3.8) is 0 Å². The first kappa shape index (κ1) is 21.2. The minimum Gasteiger partial charge on any atom is -0.452 e. The molecule has 0 bridgehead atoms. The summed E-state index contributed by atoms with van der Waals surface area (Å²) >= 11 is 3.40. The molecular weight excluding hydrogens is 484 g/mol. The van der Waals surface area contributed by atoms with Crippen LogP contribution in [0.15, 0.2) is 75.3 Å². The van der Waals surface area contributed by atoms with Gasteiger partial charge in [-0.15, -0.1) is 0 Å². The van der Waals surface area contributed by atoms with E-state index in [0.717, 1.165) is 21.8 Å². The highest BCUT2D eigenvalue weighted by atomic mass is 79.9. The largest absolute Gasteiger partial charge is 0.452 e. The molecule has 0 saturated carbocycles. The molecule has 5 rings (SSSR count). The van der Waals surface area contributed by atoms with Gasteiger partial charge in [-0.25, -0.2) is 4.79 Å². The molecule has 0 radical (unpaired) electrons. The van der Waals surface area contributed by atoms with Gasteiger partial charge in [0, 0.05) is 15.4 Å². The fourth-order valence-electron chi connectivity index (χ4n) is 3.74. The molecule has 6 heteroatoms. The Bertz CT molecular complexity index is 1440. The van der Waals surface area contributed by atoms with E-state index in [9.17, 15) is 9.59 Å². The van der Waals surface area contributed by atoms with Crippen LogP contribution in [0.4, 0.5) is 0 Å². The molecule has 0 fully saturated rings. The molecule has 164 valence electrons. The minimum absolute atomic E-state index is 0.0936. The number of fused-ring (bicyclic) bond motifs is 2. The molecule has 0 aliphatic carbocycles. The highest BCUT2D eigenvalue weighted by Crippen LogP contribution is 2.39. The monoisotopic (exact) mass is 502 g/mol. The third-order valence-corrected chi connectivity index (χ3v) is 6.10. The van der Waals surface area contributed by atoms with Crippen LogP contribution in [0, 0.1) is 6.92 Å². The summed E-state index contributed by atoms with van der Waals surface area (Å²) in [6.45, 7) is 3.84. The lowest BCUT2D eigenvalue weighted by Gasteiger charge is -2.09. The number of halogens is 1. The lowest BCUT2D eigenvalue weighted by Crippen LogP contribution is -2.08.